The van der Waals surface area contributed by atoms with Gasteiger partial charge in [-0.05, 0) is 26.7 Å². The average molecular weight is 171 g/mol. The Kier molecular flexibility index (Phi) is 3.13. The van der Waals surface area contributed by atoms with Crippen LogP contribution in [-0.4, -0.2) is 29.8 Å². The Morgan fingerprint density at radius 1 is 1.25 bits per heavy atom. The first-order valence-electron chi connectivity index (χ1n) is 4.93. The molecular formula is C10H21NO. The van der Waals surface area contributed by atoms with E-state index in [4.69, 9.17) is 4.74 Å². The standard InChI is InChI=1S/C10H21NO/c1-7(2)10-11(8(3)4)6-9(5)12-10/h7-10H,6H2,1-5H3/t9-,10?/m0/s1. The van der Waals surface area contributed by atoms with Gasteiger partial charge in [0.25, 0.3) is 0 Å². The second-order valence-corrected chi connectivity index (χ2v) is 4.37. The lowest BCUT2D eigenvalue weighted by atomic mass is 10.1. The molecule has 2 atom stereocenters. The normalized spacial score (nSPS) is 32.2. The molecule has 0 aromatic carbocycles. The van der Waals surface area contributed by atoms with Crippen molar-refractivity contribution in [3.05, 3.63) is 0 Å². The van der Waals surface area contributed by atoms with Gasteiger partial charge >= 0.3 is 0 Å². The van der Waals surface area contributed by atoms with Crippen LogP contribution in [0.15, 0.2) is 0 Å². The number of hydrogen-bond donors (Lipinski definition) is 0. The molecule has 2 nitrogen and oxygen atoms in total. The summed E-state index contributed by atoms with van der Waals surface area (Å²) in [5.41, 5.74) is 0. The molecule has 72 valence electrons. The van der Waals surface area contributed by atoms with Crippen LogP contribution in [0.5, 0.6) is 0 Å². The summed E-state index contributed by atoms with van der Waals surface area (Å²) in [6, 6.07) is 0.599. The van der Waals surface area contributed by atoms with Gasteiger partial charge in [-0.2, -0.15) is 0 Å². The van der Waals surface area contributed by atoms with Crippen molar-refractivity contribution in [3.8, 4) is 0 Å². The highest BCUT2D eigenvalue weighted by molar-refractivity contribution is 4.79. The van der Waals surface area contributed by atoms with E-state index in [-0.39, 0.29) is 0 Å². The largest absolute Gasteiger partial charge is 0.359 e. The van der Waals surface area contributed by atoms with E-state index in [0.717, 1.165) is 6.54 Å². The van der Waals surface area contributed by atoms with Crippen molar-refractivity contribution >= 4 is 0 Å². The van der Waals surface area contributed by atoms with Gasteiger partial charge in [-0.25, -0.2) is 0 Å². The Hall–Kier alpha value is -0.0800. The minimum atomic E-state index is 0.333. The summed E-state index contributed by atoms with van der Waals surface area (Å²) in [6.07, 6.45) is 0.736. The Balaban J connectivity index is 2.59. The van der Waals surface area contributed by atoms with Gasteiger partial charge in [-0.3, -0.25) is 4.90 Å². The lowest BCUT2D eigenvalue weighted by Gasteiger charge is -2.28. The van der Waals surface area contributed by atoms with E-state index in [1.54, 1.807) is 0 Å². The second kappa shape index (κ2) is 3.75. The molecule has 0 N–H and O–H groups in total. The molecule has 0 radical (unpaired) electrons. The molecule has 0 amide bonds. The zero-order chi connectivity index (χ0) is 9.30. The Bertz CT molecular complexity index is 129. The van der Waals surface area contributed by atoms with Crippen molar-refractivity contribution in [1.82, 2.24) is 4.90 Å². The van der Waals surface area contributed by atoms with Gasteiger partial charge in [0, 0.05) is 12.6 Å². The van der Waals surface area contributed by atoms with E-state index < -0.39 is 0 Å². The van der Waals surface area contributed by atoms with Crippen molar-refractivity contribution < 1.29 is 4.74 Å². The molecule has 0 aliphatic carbocycles. The van der Waals surface area contributed by atoms with Crippen LogP contribution < -0.4 is 0 Å². The molecule has 0 aromatic heterocycles. The molecule has 1 aliphatic rings. The quantitative estimate of drug-likeness (QED) is 0.631. The molecule has 1 heterocycles. The van der Waals surface area contributed by atoms with Gasteiger partial charge < -0.3 is 4.74 Å². The van der Waals surface area contributed by atoms with E-state index in [0.29, 0.717) is 24.3 Å². The van der Waals surface area contributed by atoms with E-state index in [2.05, 4.69) is 39.5 Å². The molecule has 1 saturated heterocycles. The fourth-order valence-electron chi connectivity index (χ4n) is 1.80. The van der Waals surface area contributed by atoms with Crippen LogP contribution in [-0.2, 0) is 4.74 Å². The summed E-state index contributed by atoms with van der Waals surface area (Å²) in [7, 11) is 0. The van der Waals surface area contributed by atoms with Crippen LogP contribution in [0.1, 0.15) is 34.6 Å². The summed E-state index contributed by atoms with van der Waals surface area (Å²) < 4.78 is 5.82. The molecule has 0 saturated carbocycles. The zero-order valence-electron chi connectivity index (χ0n) is 8.87. The topological polar surface area (TPSA) is 12.5 Å². The highest BCUT2D eigenvalue weighted by atomic mass is 16.5. The predicted octanol–water partition coefficient (Wildman–Crippen LogP) is 2.10. The molecule has 1 rings (SSSR count). The highest BCUT2D eigenvalue weighted by Crippen LogP contribution is 2.23. The van der Waals surface area contributed by atoms with Crippen molar-refractivity contribution in [1.29, 1.82) is 0 Å². The van der Waals surface area contributed by atoms with Gasteiger partial charge in [0.15, 0.2) is 0 Å². The molecule has 0 spiro atoms. The molecule has 2 heteroatoms. The van der Waals surface area contributed by atoms with Crippen LogP contribution in [0.3, 0.4) is 0 Å². The second-order valence-electron chi connectivity index (χ2n) is 4.37. The Labute approximate surface area is 75.9 Å². The molecular weight excluding hydrogens is 150 g/mol. The fourth-order valence-corrected chi connectivity index (χ4v) is 1.80. The summed E-state index contributed by atoms with van der Waals surface area (Å²) >= 11 is 0. The van der Waals surface area contributed by atoms with E-state index >= 15 is 0 Å². The van der Waals surface area contributed by atoms with Crippen molar-refractivity contribution in [2.24, 2.45) is 5.92 Å². The molecule has 1 unspecified atom stereocenters. The minimum absolute atomic E-state index is 0.333. The lowest BCUT2D eigenvalue weighted by Crippen LogP contribution is -2.39. The first-order valence-corrected chi connectivity index (χ1v) is 4.93. The summed E-state index contributed by atoms with van der Waals surface area (Å²) in [5.74, 6) is 0.595. The lowest BCUT2D eigenvalue weighted by molar-refractivity contribution is -0.0347. The first kappa shape index (κ1) is 10.0. The monoisotopic (exact) mass is 171 g/mol. The first-order chi connectivity index (χ1) is 5.52. The maximum absolute atomic E-state index is 5.82. The molecule has 0 bridgehead atoms. The highest BCUT2D eigenvalue weighted by Gasteiger charge is 2.33. The average Bonchev–Trinajstić information content (AvgIpc) is 2.31. The molecule has 1 fully saturated rings. The van der Waals surface area contributed by atoms with Crippen LogP contribution in [0.2, 0.25) is 0 Å². The van der Waals surface area contributed by atoms with E-state index in [9.17, 15) is 0 Å². The van der Waals surface area contributed by atoms with Gasteiger partial charge in [-0.1, -0.05) is 13.8 Å². The third-order valence-electron chi connectivity index (χ3n) is 2.40. The maximum Gasteiger partial charge on any atom is 0.113 e. The minimum Gasteiger partial charge on any atom is -0.359 e. The number of hydrogen-bond acceptors (Lipinski definition) is 2. The Morgan fingerprint density at radius 3 is 2.17 bits per heavy atom. The van der Waals surface area contributed by atoms with Gasteiger partial charge in [-0.15, -0.1) is 0 Å². The molecule has 0 aromatic rings. The van der Waals surface area contributed by atoms with E-state index in [1.165, 1.54) is 0 Å². The van der Waals surface area contributed by atoms with Crippen LogP contribution in [0, 0.1) is 5.92 Å². The number of nitrogens with zero attached hydrogens (tertiary/aromatic N) is 1. The van der Waals surface area contributed by atoms with Gasteiger partial charge in [0.1, 0.15) is 6.23 Å². The third kappa shape index (κ3) is 1.99. The van der Waals surface area contributed by atoms with Crippen LogP contribution in [0.25, 0.3) is 0 Å². The molecule has 12 heavy (non-hydrogen) atoms. The smallest absolute Gasteiger partial charge is 0.113 e. The van der Waals surface area contributed by atoms with Crippen molar-refractivity contribution in [2.45, 2.75) is 53.0 Å². The third-order valence-corrected chi connectivity index (χ3v) is 2.40. The van der Waals surface area contributed by atoms with Crippen molar-refractivity contribution in [2.75, 3.05) is 6.54 Å². The number of rotatable bonds is 2. The summed E-state index contributed by atoms with van der Waals surface area (Å²) in [6.45, 7) is 12.1. The van der Waals surface area contributed by atoms with Crippen LogP contribution >= 0.6 is 0 Å². The van der Waals surface area contributed by atoms with Crippen LogP contribution in [0.4, 0.5) is 0 Å². The zero-order valence-corrected chi connectivity index (χ0v) is 8.87. The van der Waals surface area contributed by atoms with Crippen molar-refractivity contribution in [3.63, 3.8) is 0 Å². The summed E-state index contributed by atoms with van der Waals surface area (Å²) in [4.78, 5) is 2.44. The molecule has 1 aliphatic heterocycles. The summed E-state index contributed by atoms with van der Waals surface area (Å²) in [5, 5.41) is 0. The van der Waals surface area contributed by atoms with E-state index in [1.807, 2.05) is 0 Å². The van der Waals surface area contributed by atoms with Gasteiger partial charge in [0.2, 0.25) is 0 Å². The Morgan fingerprint density at radius 2 is 1.83 bits per heavy atom. The fraction of sp³-hybridized carbons (Fsp3) is 1.00. The maximum atomic E-state index is 5.82. The predicted molar refractivity (Wildman–Crippen MR) is 51.0 cm³/mol. The number of ether oxygens (including phenoxy) is 1. The van der Waals surface area contributed by atoms with Gasteiger partial charge in [0.05, 0.1) is 6.10 Å². The SMILES string of the molecule is CC(C)C1O[C@@H](C)CN1C(C)C.